The molecule has 1 aliphatic rings. The predicted octanol–water partition coefficient (Wildman–Crippen LogP) is 0.155. The number of rotatable bonds is 2. The van der Waals surface area contributed by atoms with E-state index in [1.807, 2.05) is 0 Å². The molecule has 4 heteroatoms. The van der Waals surface area contributed by atoms with Gasteiger partial charge in [-0.1, -0.05) is 0 Å². The third-order valence-electron chi connectivity index (χ3n) is 1.75. The van der Waals surface area contributed by atoms with E-state index in [1.54, 1.807) is 6.92 Å². The molecule has 1 heterocycles. The minimum atomic E-state index is -0.585. The Labute approximate surface area is 70.8 Å². The second kappa shape index (κ2) is 4.21. The van der Waals surface area contributed by atoms with Gasteiger partial charge in [0.2, 0.25) is 0 Å². The van der Waals surface area contributed by atoms with Crippen molar-refractivity contribution in [2.24, 2.45) is 5.92 Å². The molecular weight excluding hydrogens is 160 g/mol. The number of Topliss-reactive ketones (excluding diaryl/α,β-unsaturated/α-hetero) is 1. The minimum Gasteiger partial charge on any atom is -0.465 e. The van der Waals surface area contributed by atoms with Gasteiger partial charge in [0, 0.05) is 6.61 Å². The Morgan fingerprint density at radius 1 is 1.75 bits per heavy atom. The summed E-state index contributed by atoms with van der Waals surface area (Å²) in [5.41, 5.74) is 0. The molecule has 1 atom stereocenters. The summed E-state index contributed by atoms with van der Waals surface area (Å²) < 4.78 is 9.62. The third-order valence-corrected chi connectivity index (χ3v) is 1.75. The van der Waals surface area contributed by atoms with Gasteiger partial charge in [0.05, 0.1) is 6.61 Å². The first-order chi connectivity index (χ1) is 5.75. The van der Waals surface area contributed by atoms with Crippen LogP contribution in [0, 0.1) is 5.92 Å². The van der Waals surface area contributed by atoms with Crippen molar-refractivity contribution in [1.82, 2.24) is 0 Å². The molecule has 1 fully saturated rings. The van der Waals surface area contributed by atoms with E-state index in [2.05, 4.69) is 0 Å². The molecule has 0 spiro atoms. The first kappa shape index (κ1) is 9.19. The Kier molecular flexibility index (Phi) is 3.22. The lowest BCUT2D eigenvalue weighted by Gasteiger charge is -2.18. The van der Waals surface area contributed by atoms with Crippen LogP contribution in [0.25, 0.3) is 0 Å². The van der Waals surface area contributed by atoms with Gasteiger partial charge in [-0.15, -0.1) is 0 Å². The number of ether oxygens (including phenoxy) is 2. The molecule has 0 unspecified atom stereocenters. The van der Waals surface area contributed by atoms with Crippen LogP contribution in [0.3, 0.4) is 0 Å². The maximum Gasteiger partial charge on any atom is 0.316 e. The van der Waals surface area contributed by atoms with E-state index >= 15 is 0 Å². The van der Waals surface area contributed by atoms with Crippen molar-refractivity contribution in [2.45, 2.75) is 13.3 Å². The summed E-state index contributed by atoms with van der Waals surface area (Å²) in [5, 5.41) is 0. The van der Waals surface area contributed by atoms with Gasteiger partial charge in [-0.25, -0.2) is 0 Å². The van der Waals surface area contributed by atoms with Gasteiger partial charge in [0.15, 0.2) is 5.78 Å². The Bertz CT molecular complexity index is 187. The van der Waals surface area contributed by atoms with Crippen LogP contribution in [-0.4, -0.2) is 31.6 Å². The van der Waals surface area contributed by atoms with Crippen molar-refractivity contribution < 1.29 is 19.1 Å². The van der Waals surface area contributed by atoms with Crippen molar-refractivity contribution >= 4 is 11.8 Å². The Morgan fingerprint density at radius 3 is 3.08 bits per heavy atom. The number of ketones is 1. The third kappa shape index (κ3) is 2.04. The van der Waals surface area contributed by atoms with Crippen molar-refractivity contribution in [2.75, 3.05) is 19.8 Å². The molecule has 0 radical (unpaired) electrons. The van der Waals surface area contributed by atoms with Crippen LogP contribution in [0.15, 0.2) is 0 Å². The van der Waals surface area contributed by atoms with Crippen molar-refractivity contribution in [3.8, 4) is 0 Å². The summed E-state index contributed by atoms with van der Waals surface area (Å²) >= 11 is 0. The van der Waals surface area contributed by atoms with E-state index in [1.165, 1.54) is 0 Å². The fraction of sp³-hybridized carbons (Fsp3) is 0.750. The summed E-state index contributed by atoms with van der Waals surface area (Å²) in [4.78, 5) is 22.2. The molecule has 12 heavy (non-hydrogen) atoms. The van der Waals surface area contributed by atoms with Crippen molar-refractivity contribution in [3.05, 3.63) is 0 Å². The van der Waals surface area contributed by atoms with Gasteiger partial charge >= 0.3 is 5.97 Å². The molecule has 0 N–H and O–H groups in total. The topological polar surface area (TPSA) is 52.6 Å². The Hall–Kier alpha value is -0.900. The van der Waals surface area contributed by atoms with Crippen molar-refractivity contribution in [1.29, 1.82) is 0 Å². The smallest absolute Gasteiger partial charge is 0.316 e. The molecule has 0 aromatic rings. The number of carbonyl (C=O) groups is 2. The minimum absolute atomic E-state index is 0.0451. The van der Waals surface area contributed by atoms with Crippen LogP contribution in [0.1, 0.15) is 13.3 Å². The van der Waals surface area contributed by atoms with Gasteiger partial charge in [0.1, 0.15) is 12.5 Å². The molecule has 68 valence electrons. The molecule has 0 saturated carbocycles. The molecule has 4 nitrogen and oxygen atoms in total. The maximum absolute atomic E-state index is 11.1. The zero-order chi connectivity index (χ0) is 8.97. The molecule has 0 bridgehead atoms. The van der Waals surface area contributed by atoms with E-state index in [-0.39, 0.29) is 12.4 Å². The van der Waals surface area contributed by atoms with Gasteiger partial charge in [-0.3, -0.25) is 9.59 Å². The average molecular weight is 172 g/mol. The standard InChI is InChI=1S/C8H12O4/c1-2-12-8(10)6-3-4-11-5-7(6)9/h6H,2-5H2,1H3/t6-/m0/s1. The molecule has 0 aromatic heterocycles. The van der Waals surface area contributed by atoms with Crippen LogP contribution < -0.4 is 0 Å². The lowest BCUT2D eigenvalue weighted by Crippen LogP contribution is -2.34. The summed E-state index contributed by atoms with van der Waals surface area (Å²) in [7, 11) is 0. The van der Waals surface area contributed by atoms with E-state index < -0.39 is 11.9 Å². The fourth-order valence-electron chi connectivity index (χ4n) is 1.13. The first-order valence-corrected chi connectivity index (χ1v) is 4.02. The van der Waals surface area contributed by atoms with E-state index in [9.17, 15) is 9.59 Å². The number of hydrogen-bond donors (Lipinski definition) is 0. The summed E-state index contributed by atoms with van der Waals surface area (Å²) in [5.74, 6) is -1.16. The maximum atomic E-state index is 11.1. The van der Waals surface area contributed by atoms with Gasteiger partial charge in [0.25, 0.3) is 0 Å². The highest BCUT2D eigenvalue weighted by molar-refractivity contribution is 6.00. The molecule has 0 aromatic carbocycles. The Morgan fingerprint density at radius 2 is 2.50 bits per heavy atom. The summed E-state index contributed by atoms with van der Waals surface area (Å²) in [6, 6.07) is 0. The second-order valence-corrected chi connectivity index (χ2v) is 2.61. The largest absolute Gasteiger partial charge is 0.465 e. The van der Waals surface area contributed by atoms with Crippen molar-refractivity contribution in [3.63, 3.8) is 0 Å². The van der Waals surface area contributed by atoms with E-state index in [4.69, 9.17) is 9.47 Å². The van der Waals surface area contributed by atoms with Gasteiger partial charge < -0.3 is 9.47 Å². The van der Waals surface area contributed by atoms with E-state index in [0.717, 1.165) is 0 Å². The zero-order valence-corrected chi connectivity index (χ0v) is 7.04. The Balaban J connectivity index is 2.48. The summed E-state index contributed by atoms with van der Waals surface area (Å²) in [6.45, 7) is 2.56. The second-order valence-electron chi connectivity index (χ2n) is 2.61. The molecule has 1 saturated heterocycles. The highest BCUT2D eigenvalue weighted by atomic mass is 16.5. The SMILES string of the molecule is CCOC(=O)[C@H]1CCOCC1=O. The number of hydrogen-bond acceptors (Lipinski definition) is 4. The molecule has 0 aliphatic carbocycles. The van der Waals surface area contributed by atoms with Crippen LogP contribution in [0.4, 0.5) is 0 Å². The highest BCUT2D eigenvalue weighted by Gasteiger charge is 2.30. The molecule has 1 rings (SSSR count). The molecule has 0 amide bonds. The van der Waals surface area contributed by atoms with E-state index in [0.29, 0.717) is 19.6 Å². The number of esters is 1. The lowest BCUT2D eigenvalue weighted by molar-refractivity contribution is -0.156. The van der Waals surface area contributed by atoms with Crippen LogP contribution in [-0.2, 0) is 19.1 Å². The zero-order valence-electron chi connectivity index (χ0n) is 7.04. The highest BCUT2D eigenvalue weighted by Crippen LogP contribution is 2.12. The normalized spacial score (nSPS) is 23.8. The van der Waals surface area contributed by atoms with Crippen LogP contribution in [0.2, 0.25) is 0 Å². The van der Waals surface area contributed by atoms with Crippen LogP contribution >= 0.6 is 0 Å². The molecular formula is C8H12O4. The monoisotopic (exact) mass is 172 g/mol. The first-order valence-electron chi connectivity index (χ1n) is 4.02. The fourth-order valence-corrected chi connectivity index (χ4v) is 1.13. The van der Waals surface area contributed by atoms with Crippen LogP contribution in [0.5, 0.6) is 0 Å². The predicted molar refractivity (Wildman–Crippen MR) is 40.6 cm³/mol. The quantitative estimate of drug-likeness (QED) is 0.439. The lowest BCUT2D eigenvalue weighted by atomic mass is 9.99. The molecule has 1 aliphatic heterocycles. The average Bonchev–Trinajstić information content (AvgIpc) is 2.05. The summed E-state index contributed by atoms with van der Waals surface area (Å²) in [6.07, 6.45) is 0.456. The van der Waals surface area contributed by atoms with Gasteiger partial charge in [-0.2, -0.15) is 0 Å². The van der Waals surface area contributed by atoms with Gasteiger partial charge in [-0.05, 0) is 13.3 Å². The number of carbonyl (C=O) groups excluding carboxylic acids is 2.